The second kappa shape index (κ2) is 6.79. The lowest BCUT2D eigenvalue weighted by Crippen LogP contribution is -2.20. The largest absolute Gasteiger partial charge is 0.489 e. The topological polar surface area (TPSA) is 50.4 Å². The zero-order valence-corrected chi connectivity index (χ0v) is 12.5. The molecule has 0 atom stereocenters. The van der Waals surface area contributed by atoms with Gasteiger partial charge in [-0.15, -0.1) is 0 Å². The van der Waals surface area contributed by atoms with Gasteiger partial charge in [0.15, 0.2) is 0 Å². The first-order chi connectivity index (χ1) is 10.0. The van der Waals surface area contributed by atoms with E-state index in [1.54, 1.807) is 0 Å². The smallest absolute Gasteiger partial charge is 0.323 e. The van der Waals surface area contributed by atoms with Gasteiger partial charge in [0.1, 0.15) is 5.75 Å². The lowest BCUT2D eigenvalue weighted by Gasteiger charge is -2.15. The number of para-hydroxylation sites is 2. The third-order valence-electron chi connectivity index (χ3n) is 2.77. The van der Waals surface area contributed by atoms with Gasteiger partial charge in [0.05, 0.1) is 11.8 Å². The monoisotopic (exact) mass is 284 g/mol. The highest BCUT2D eigenvalue weighted by molar-refractivity contribution is 6.00. The van der Waals surface area contributed by atoms with Gasteiger partial charge in [-0.25, -0.2) is 4.79 Å². The highest BCUT2D eigenvalue weighted by Gasteiger charge is 2.08. The number of hydrogen-bond donors (Lipinski definition) is 2. The zero-order valence-electron chi connectivity index (χ0n) is 12.5. The summed E-state index contributed by atoms with van der Waals surface area (Å²) in [6.07, 6.45) is 0.0489. The number of rotatable bonds is 4. The van der Waals surface area contributed by atoms with Crippen LogP contribution in [0.1, 0.15) is 19.4 Å². The van der Waals surface area contributed by atoms with E-state index < -0.39 is 0 Å². The first kappa shape index (κ1) is 14.9. The van der Waals surface area contributed by atoms with Crippen LogP contribution >= 0.6 is 0 Å². The van der Waals surface area contributed by atoms with Gasteiger partial charge in [0.25, 0.3) is 0 Å². The third kappa shape index (κ3) is 4.53. The van der Waals surface area contributed by atoms with Crippen LogP contribution in [-0.4, -0.2) is 12.1 Å². The predicted molar refractivity (Wildman–Crippen MR) is 86.0 cm³/mol. The third-order valence-corrected chi connectivity index (χ3v) is 2.77. The molecule has 2 aromatic carbocycles. The summed E-state index contributed by atoms with van der Waals surface area (Å²) in [7, 11) is 0. The van der Waals surface area contributed by atoms with Gasteiger partial charge in [-0.1, -0.05) is 24.3 Å². The molecule has 0 bridgehead atoms. The average Bonchev–Trinajstić information content (AvgIpc) is 2.40. The Bertz CT molecular complexity index is 624. The molecule has 0 aliphatic rings. The van der Waals surface area contributed by atoms with Gasteiger partial charge in [0, 0.05) is 5.69 Å². The van der Waals surface area contributed by atoms with E-state index in [9.17, 15) is 4.79 Å². The Labute approximate surface area is 125 Å². The number of urea groups is 1. The summed E-state index contributed by atoms with van der Waals surface area (Å²) in [6, 6.07) is 14.7. The van der Waals surface area contributed by atoms with Crippen LogP contribution in [0.2, 0.25) is 0 Å². The molecule has 0 saturated carbocycles. The van der Waals surface area contributed by atoms with Crippen molar-refractivity contribution in [2.75, 3.05) is 10.6 Å². The molecule has 0 unspecified atom stereocenters. The number of anilines is 2. The molecule has 2 N–H and O–H groups in total. The standard InChI is InChI=1S/C17H20N2O2/c1-12(2)21-16-10-5-4-9-15(16)19-17(20)18-14-8-6-7-13(3)11-14/h4-12H,1-3H3,(H2,18,19,20). The normalized spacial score (nSPS) is 10.3. The van der Waals surface area contributed by atoms with E-state index in [1.807, 2.05) is 69.3 Å². The maximum atomic E-state index is 12.1. The lowest BCUT2D eigenvalue weighted by molar-refractivity contribution is 0.243. The van der Waals surface area contributed by atoms with Crippen molar-refractivity contribution in [3.05, 3.63) is 54.1 Å². The molecular formula is C17H20N2O2. The number of hydrogen-bond acceptors (Lipinski definition) is 2. The molecule has 0 radical (unpaired) electrons. The summed E-state index contributed by atoms with van der Waals surface area (Å²) in [6.45, 7) is 5.88. The molecule has 21 heavy (non-hydrogen) atoms. The van der Waals surface area contributed by atoms with Gasteiger partial charge in [-0.05, 0) is 50.6 Å². The molecule has 0 spiro atoms. The maximum absolute atomic E-state index is 12.1. The predicted octanol–water partition coefficient (Wildman–Crippen LogP) is 4.43. The SMILES string of the molecule is Cc1cccc(NC(=O)Nc2ccccc2OC(C)C)c1. The number of benzene rings is 2. The first-order valence-corrected chi connectivity index (χ1v) is 6.95. The summed E-state index contributed by atoms with van der Waals surface area (Å²) in [5, 5.41) is 5.61. The number of carbonyl (C=O) groups is 1. The van der Waals surface area contributed by atoms with Crippen LogP contribution in [-0.2, 0) is 0 Å². The second-order valence-electron chi connectivity index (χ2n) is 5.11. The minimum atomic E-state index is -0.291. The van der Waals surface area contributed by atoms with Crippen LogP contribution < -0.4 is 15.4 Å². The van der Waals surface area contributed by atoms with E-state index in [2.05, 4.69) is 10.6 Å². The molecule has 4 nitrogen and oxygen atoms in total. The van der Waals surface area contributed by atoms with Crippen molar-refractivity contribution in [2.45, 2.75) is 26.9 Å². The minimum absolute atomic E-state index is 0.0489. The summed E-state index contributed by atoms with van der Waals surface area (Å²) in [4.78, 5) is 12.1. The fourth-order valence-corrected chi connectivity index (χ4v) is 1.93. The van der Waals surface area contributed by atoms with E-state index in [-0.39, 0.29) is 12.1 Å². The number of aryl methyl sites for hydroxylation is 1. The summed E-state index contributed by atoms with van der Waals surface area (Å²) >= 11 is 0. The molecule has 0 heterocycles. The first-order valence-electron chi connectivity index (χ1n) is 6.95. The average molecular weight is 284 g/mol. The lowest BCUT2D eigenvalue weighted by atomic mass is 10.2. The van der Waals surface area contributed by atoms with Crippen LogP contribution in [0, 0.1) is 6.92 Å². The van der Waals surface area contributed by atoms with E-state index >= 15 is 0 Å². The van der Waals surface area contributed by atoms with Crippen molar-refractivity contribution in [2.24, 2.45) is 0 Å². The Morgan fingerprint density at radius 3 is 2.52 bits per heavy atom. The Morgan fingerprint density at radius 1 is 1.05 bits per heavy atom. The van der Waals surface area contributed by atoms with Crippen molar-refractivity contribution in [3.8, 4) is 5.75 Å². The molecule has 2 amide bonds. The Morgan fingerprint density at radius 2 is 1.81 bits per heavy atom. The second-order valence-corrected chi connectivity index (χ2v) is 5.11. The van der Waals surface area contributed by atoms with Crippen LogP contribution in [0.5, 0.6) is 5.75 Å². The van der Waals surface area contributed by atoms with Crippen molar-refractivity contribution >= 4 is 17.4 Å². The fourth-order valence-electron chi connectivity index (χ4n) is 1.93. The van der Waals surface area contributed by atoms with E-state index in [4.69, 9.17) is 4.74 Å². The van der Waals surface area contributed by atoms with Crippen molar-refractivity contribution in [1.82, 2.24) is 0 Å². The minimum Gasteiger partial charge on any atom is -0.489 e. The Hall–Kier alpha value is -2.49. The molecule has 0 saturated heterocycles. The Kier molecular flexibility index (Phi) is 4.82. The number of amides is 2. The number of nitrogens with one attached hydrogen (secondary N) is 2. The van der Waals surface area contributed by atoms with Crippen LogP contribution in [0.15, 0.2) is 48.5 Å². The molecule has 2 aromatic rings. The Balaban J connectivity index is 2.06. The van der Waals surface area contributed by atoms with Gasteiger partial charge in [0.2, 0.25) is 0 Å². The highest BCUT2D eigenvalue weighted by Crippen LogP contribution is 2.25. The summed E-state index contributed by atoms with van der Waals surface area (Å²) in [5.41, 5.74) is 2.50. The molecule has 0 aliphatic heterocycles. The van der Waals surface area contributed by atoms with E-state index in [0.29, 0.717) is 11.4 Å². The molecule has 0 aliphatic carbocycles. The van der Waals surface area contributed by atoms with Crippen LogP contribution in [0.3, 0.4) is 0 Å². The van der Waals surface area contributed by atoms with Crippen molar-refractivity contribution in [1.29, 1.82) is 0 Å². The molecule has 110 valence electrons. The van der Waals surface area contributed by atoms with Gasteiger partial charge in [-0.2, -0.15) is 0 Å². The molecule has 0 aromatic heterocycles. The number of ether oxygens (including phenoxy) is 1. The zero-order chi connectivity index (χ0) is 15.2. The molecule has 4 heteroatoms. The maximum Gasteiger partial charge on any atom is 0.323 e. The van der Waals surface area contributed by atoms with E-state index in [1.165, 1.54) is 0 Å². The summed E-state index contributed by atoms with van der Waals surface area (Å²) < 4.78 is 5.67. The van der Waals surface area contributed by atoms with Gasteiger partial charge < -0.3 is 15.4 Å². The van der Waals surface area contributed by atoms with Crippen LogP contribution in [0.4, 0.5) is 16.2 Å². The number of carbonyl (C=O) groups excluding carboxylic acids is 1. The molecule has 0 fully saturated rings. The van der Waals surface area contributed by atoms with Crippen molar-refractivity contribution in [3.63, 3.8) is 0 Å². The van der Waals surface area contributed by atoms with Crippen molar-refractivity contribution < 1.29 is 9.53 Å². The molecule has 2 rings (SSSR count). The van der Waals surface area contributed by atoms with Gasteiger partial charge >= 0.3 is 6.03 Å². The fraction of sp³-hybridized carbons (Fsp3) is 0.235. The highest BCUT2D eigenvalue weighted by atomic mass is 16.5. The quantitative estimate of drug-likeness (QED) is 0.872. The van der Waals surface area contributed by atoms with Gasteiger partial charge in [-0.3, -0.25) is 0 Å². The molecular weight excluding hydrogens is 264 g/mol. The summed E-state index contributed by atoms with van der Waals surface area (Å²) in [5.74, 6) is 0.659. The van der Waals surface area contributed by atoms with Crippen LogP contribution in [0.25, 0.3) is 0 Å². The van der Waals surface area contributed by atoms with E-state index in [0.717, 1.165) is 11.3 Å².